The Morgan fingerprint density at radius 2 is 1.96 bits per heavy atom. The zero-order chi connectivity index (χ0) is 17.2. The van der Waals surface area contributed by atoms with E-state index in [1.807, 2.05) is 33.7 Å². The molecule has 1 amide bonds. The maximum Gasteiger partial charge on any atom is 0.253 e. The molecule has 4 rings (SSSR count). The van der Waals surface area contributed by atoms with Crippen LogP contribution in [0.25, 0.3) is 5.65 Å². The van der Waals surface area contributed by atoms with Crippen LogP contribution in [0, 0.1) is 0 Å². The van der Waals surface area contributed by atoms with Gasteiger partial charge in [0, 0.05) is 49.0 Å². The molecule has 128 valence electrons. The molecule has 0 bridgehead atoms. The van der Waals surface area contributed by atoms with Gasteiger partial charge in [-0.15, -0.1) is 0 Å². The molecular weight excluding hydrogens is 338 g/mol. The van der Waals surface area contributed by atoms with Crippen LogP contribution in [0.4, 0.5) is 5.82 Å². The van der Waals surface area contributed by atoms with E-state index in [2.05, 4.69) is 15.0 Å². The zero-order valence-electron chi connectivity index (χ0n) is 13.7. The SMILES string of the molecule is O=C(c1cccc(Cl)c1)N1CCCN(c2ccnc3ccnn23)CC1. The minimum atomic E-state index is 0.0308. The molecule has 0 aliphatic carbocycles. The van der Waals surface area contributed by atoms with E-state index >= 15 is 0 Å². The monoisotopic (exact) mass is 355 g/mol. The van der Waals surface area contributed by atoms with Crippen molar-refractivity contribution in [3.05, 3.63) is 59.4 Å². The van der Waals surface area contributed by atoms with Crippen molar-refractivity contribution in [2.24, 2.45) is 0 Å². The van der Waals surface area contributed by atoms with Crippen molar-refractivity contribution >= 4 is 29.0 Å². The first-order valence-electron chi connectivity index (χ1n) is 8.31. The van der Waals surface area contributed by atoms with Gasteiger partial charge in [0.15, 0.2) is 5.65 Å². The van der Waals surface area contributed by atoms with E-state index in [-0.39, 0.29) is 5.91 Å². The first-order valence-corrected chi connectivity index (χ1v) is 8.69. The number of nitrogens with zero attached hydrogens (tertiary/aromatic N) is 5. The van der Waals surface area contributed by atoms with Gasteiger partial charge in [-0.3, -0.25) is 4.79 Å². The van der Waals surface area contributed by atoms with E-state index < -0.39 is 0 Å². The third kappa shape index (κ3) is 3.17. The molecule has 1 aromatic carbocycles. The van der Waals surface area contributed by atoms with Crippen LogP contribution in [-0.4, -0.2) is 51.6 Å². The Hall–Kier alpha value is -2.60. The summed E-state index contributed by atoms with van der Waals surface area (Å²) < 4.78 is 1.84. The standard InChI is InChI=1S/C18H18ClN5O/c19-15-4-1-3-14(13-15)18(25)23-10-2-9-22(11-12-23)17-6-7-20-16-5-8-21-24(16)17/h1,3-8,13H,2,9-12H2. The third-order valence-electron chi connectivity index (χ3n) is 4.45. The number of rotatable bonds is 2. The fraction of sp³-hybridized carbons (Fsp3) is 0.278. The molecule has 0 spiro atoms. The van der Waals surface area contributed by atoms with Crippen molar-refractivity contribution in [1.29, 1.82) is 0 Å². The molecule has 0 unspecified atom stereocenters. The molecule has 3 heterocycles. The summed E-state index contributed by atoms with van der Waals surface area (Å²) in [4.78, 5) is 21.2. The normalized spacial score (nSPS) is 15.4. The summed E-state index contributed by atoms with van der Waals surface area (Å²) in [6.45, 7) is 3.02. The van der Waals surface area contributed by atoms with E-state index in [1.165, 1.54) is 0 Å². The predicted octanol–water partition coefficient (Wildman–Crippen LogP) is 2.74. The quantitative estimate of drug-likeness (QED) is 0.709. The second-order valence-electron chi connectivity index (χ2n) is 6.05. The van der Waals surface area contributed by atoms with Crippen LogP contribution in [0.2, 0.25) is 5.02 Å². The average Bonchev–Trinajstić information content (AvgIpc) is 2.98. The molecule has 1 aliphatic heterocycles. The van der Waals surface area contributed by atoms with Gasteiger partial charge in [0.25, 0.3) is 5.91 Å². The lowest BCUT2D eigenvalue weighted by molar-refractivity contribution is 0.0767. The molecule has 25 heavy (non-hydrogen) atoms. The Morgan fingerprint density at radius 3 is 2.84 bits per heavy atom. The molecule has 0 N–H and O–H groups in total. The maximum absolute atomic E-state index is 12.7. The number of aromatic nitrogens is 3. The number of anilines is 1. The Labute approximate surface area is 150 Å². The molecular formula is C18H18ClN5O. The first kappa shape index (κ1) is 15.9. The highest BCUT2D eigenvalue weighted by Crippen LogP contribution is 2.18. The fourth-order valence-corrected chi connectivity index (χ4v) is 3.40. The van der Waals surface area contributed by atoms with E-state index in [9.17, 15) is 4.79 Å². The van der Waals surface area contributed by atoms with Crippen molar-refractivity contribution in [2.45, 2.75) is 6.42 Å². The van der Waals surface area contributed by atoms with Crippen LogP contribution < -0.4 is 4.90 Å². The molecule has 1 fully saturated rings. The Balaban J connectivity index is 1.52. The number of fused-ring (bicyclic) bond motifs is 1. The Morgan fingerprint density at radius 1 is 1.04 bits per heavy atom. The zero-order valence-corrected chi connectivity index (χ0v) is 14.4. The van der Waals surface area contributed by atoms with Crippen molar-refractivity contribution in [3.8, 4) is 0 Å². The first-order chi connectivity index (χ1) is 12.2. The van der Waals surface area contributed by atoms with Gasteiger partial charge in [0.2, 0.25) is 0 Å². The molecule has 6 nitrogen and oxygen atoms in total. The summed E-state index contributed by atoms with van der Waals surface area (Å²) in [5.74, 6) is 1.04. The summed E-state index contributed by atoms with van der Waals surface area (Å²) in [6, 6.07) is 11.0. The molecule has 0 atom stereocenters. The van der Waals surface area contributed by atoms with E-state index in [0.29, 0.717) is 17.1 Å². The smallest absolute Gasteiger partial charge is 0.253 e. The topological polar surface area (TPSA) is 53.7 Å². The van der Waals surface area contributed by atoms with Crippen molar-refractivity contribution in [3.63, 3.8) is 0 Å². The molecule has 1 aliphatic rings. The molecule has 1 saturated heterocycles. The lowest BCUT2D eigenvalue weighted by Gasteiger charge is -2.24. The van der Waals surface area contributed by atoms with Gasteiger partial charge in [-0.2, -0.15) is 9.61 Å². The minimum Gasteiger partial charge on any atom is -0.355 e. The number of benzene rings is 1. The van der Waals surface area contributed by atoms with Crippen LogP contribution >= 0.6 is 11.6 Å². The average molecular weight is 356 g/mol. The lowest BCUT2D eigenvalue weighted by Crippen LogP contribution is -2.35. The van der Waals surface area contributed by atoms with Gasteiger partial charge in [-0.05, 0) is 30.7 Å². The highest BCUT2D eigenvalue weighted by atomic mass is 35.5. The summed E-state index contributed by atoms with van der Waals surface area (Å²) in [5, 5.41) is 4.94. The molecule has 2 aromatic heterocycles. The van der Waals surface area contributed by atoms with Crippen molar-refractivity contribution in [1.82, 2.24) is 19.5 Å². The van der Waals surface area contributed by atoms with Gasteiger partial charge in [-0.25, -0.2) is 4.98 Å². The van der Waals surface area contributed by atoms with Crippen LogP contribution in [0.1, 0.15) is 16.8 Å². The van der Waals surface area contributed by atoms with Crippen molar-refractivity contribution in [2.75, 3.05) is 31.1 Å². The highest BCUT2D eigenvalue weighted by Gasteiger charge is 2.21. The molecule has 0 saturated carbocycles. The summed E-state index contributed by atoms with van der Waals surface area (Å²) >= 11 is 6.01. The van der Waals surface area contributed by atoms with E-state index in [0.717, 1.165) is 37.5 Å². The number of amides is 1. The van der Waals surface area contributed by atoms with Gasteiger partial charge < -0.3 is 9.80 Å². The van der Waals surface area contributed by atoms with Crippen LogP contribution in [-0.2, 0) is 0 Å². The maximum atomic E-state index is 12.7. The summed E-state index contributed by atoms with van der Waals surface area (Å²) in [7, 11) is 0. The largest absolute Gasteiger partial charge is 0.355 e. The highest BCUT2D eigenvalue weighted by molar-refractivity contribution is 6.30. The molecule has 7 heteroatoms. The fourth-order valence-electron chi connectivity index (χ4n) is 3.21. The predicted molar refractivity (Wildman–Crippen MR) is 97.2 cm³/mol. The number of hydrogen-bond donors (Lipinski definition) is 0. The Kier molecular flexibility index (Phi) is 4.28. The van der Waals surface area contributed by atoms with Crippen LogP contribution in [0.3, 0.4) is 0 Å². The number of carbonyl (C=O) groups excluding carboxylic acids is 1. The van der Waals surface area contributed by atoms with E-state index in [1.54, 1.807) is 24.5 Å². The van der Waals surface area contributed by atoms with Crippen molar-refractivity contribution < 1.29 is 4.79 Å². The summed E-state index contributed by atoms with van der Waals surface area (Å²) in [6.07, 6.45) is 4.45. The lowest BCUT2D eigenvalue weighted by atomic mass is 10.2. The van der Waals surface area contributed by atoms with Gasteiger partial charge >= 0.3 is 0 Å². The number of carbonyl (C=O) groups is 1. The van der Waals surface area contributed by atoms with E-state index in [4.69, 9.17) is 11.6 Å². The second-order valence-corrected chi connectivity index (χ2v) is 6.48. The summed E-state index contributed by atoms with van der Waals surface area (Å²) in [5.41, 5.74) is 1.47. The second kappa shape index (κ2) is 6.72. The van der Waals surface area contributed by atoms with Crippen LogP contribution in [0.15, 0.2) is 48.8 Å². The van der Waals surface area contributed by atoms with Gasteiger partial charge in [0.05, 0.1) is 6.20 Å². The minimum absolute atomic E-state index is 0.0308. The van der Waals surface area contributed by atoms with Crippen LogP contribution in [0.5, 0.6) is 0 Å². The molecule has 0 radical (unpaired) electrons. The number of hydrogen-bond acceptors (Lipinski definition) is 4. The molecule has 3 aromatic rings. The third-order valence-corrected chi connectivity index (χ3v) is 4.68. The van der Waals surface area contributed by atoms with Gasteiger partial charge in [0.1, 0.15) is 5.82 Å². The Bertz CT molecular complexity index is 909. The van der Waals surface area contributed by atoms with Gasteiger partial charge in [-0.1, -0.05) is 17.7 Å². The number of halogens is 1.